The molecule has 1 aliphatic rings. The van der Waals surface area contributed by atoms with E-state index in [1.165, 1.54) is 12.8 Å². The maximum atomic E-state index is 12.4. The molecule has 0 bridgehead atoms. The molecule has 0 aliphatic heterocycles. The molecule has 1 saturated carbocycles. The second-order valence-electron chi connectivity index (χ2n) is 7.27. The smallest absolute Gasteiger partial charge is 0.343 e. The molecule has 0 atom stereocenters. The van der Waals surface area contributed by atoms with E-state index >= 15 is 0 Å². The molecule has 2 aromatic heterocycles. The van der Waals surface area contributed by atoms with Crippen LogP contribution >= 0.6 is 0 Å². The molecule has 1 fully saturated rings. The van der Waals surface area contributed by atoms with Gasteiger partial charge in [0.15, 0.2) is 11.5 Å². The van der Waals surface area contributed by atoms with E-state index in [1.807, 2.05) is 30.3 Å². The van der Waals surface area contributed by atoms with Gasteiger partial charge in [0.2, 0.25) is 0 Å². The third-order valence-electron chi connectivity index (χ3n) is 5.32. The minimum absolute atomic E-state index is 0.282. The lowest BCUT2D eigenvalue weighted by molar-refractivity contribution is -0.135. The average Bonchev–Trinajstić information content (AvgIpc) is 3.31. The number of hydrogen-bond acceptors (Lipinski definition) is 5. The number of carbonyl (C=O) groups is 1. The van der Waals surface area contributed by atoms with Crippen molar-refractivity contribution >= 4 is 16.9 Å². The Balaban J connectivity index is 1.69. The Morgan fingerprint density at radius 3 is 2.59 bits per heavy atom. The van der Waals surface area contributed by atoms with Crippen molar-refractivity contribution in [2.75, 3.05) is 0 Å². The summed E-state index contributed by atoms with van der Waals surface area (Å²) in [6, 6.07) is 9.38. The Hall–Kier alpha value is -2.82. The summed E-state index contributed by atoms with van der Waals surface area (Å²) >= 11 is 0. The van der Waals surface area contributed by atoms with Crippen LogP contribution in [0.15, 0.2) is 44.0 Å². The molecule has 1 aliphatic carbocycles. The Kier molecular flexibility index (Phi) is 4.60. The molecule has 0 amide bonds. The number of esters is 1. The maximum Gasteiger partial charge on any atom is 0.343 e. The highest BCUT2D eigenvalue weighted by Gasteiger charge is 2.24. The van der Waals surface area contributed by atoms with Gasteiger partial charge in [0.25, 0.3) is 0 Å². The molecule has 0 spiro atoms. The lowest BCUT2D eigenvalue weighted by Gasteiger charge is -2.13. The summed E-state index contributed by atoms with van der Waals surface area (Å²) in [4.78, 5) is 24.7. The predicted octanol–water partition coefficient (Wildman–Crippen LogP) is 5.16. The lowest BCUT2D eigenvalue weighted by Crippen LogP contribution is -2.17. The van der Waals surface area contributed by atoms with Crippen LogP contribution in [0.1, 0.15) is 43.2 Å². The predicted molar refractivity (Wildman–Crippen MR) is 102 cm³/mol. The minimum Gasteiger partial charge on any atom is -0.453 e. The number of fused-ring (bicyclic) bond motifs is 1. The monoisotopic (exact) mass is 366 g/mol. The molecule has 5 heteroatoms. The number of benzene rings is 1. The average molecular weight is 366 g/mol. The minimum atomic E-state index is -0.528. The number of ether oxygens (including phenoxy) is 1. The third kappa shape index (κ3) is 3.42. The summed E-state index contributed by atoms with van der Waals surface area (Å²) < 4.78 is 16.9. The number of furan rings is 1. The molecule has 0 saturated heterocycles. The highest BCUT2D eigenvalue weighted by atomic mass is 16.5. The number of rotatable bonds is 4. The van der Waals surface area contributed by atoms with Crippen LogP contribution in [-0.2, 0) is 4.79 Å². The van der Waals surface area contributed by atoms with Crippen molar-refractivity contribution in [3.05, 3.63) is 51.9 Å². The molecule has 2 heterocycles. The van der Waals surface area contributed by atoms with Gasteiger partial charge in [-0.3, -0.25) is 4.79 Å². The van der Waals surface area contributed by atoms with Crippen molar-refractivity contribution < 1.29 is 18.4 Å². The van der Waals surface area contributed by atoms with Gasteiger partial charge in [0.1, 0.15) is 11.3 Å². The molecule has 27 heavy (non-hydrogen) atoms. The van der Waals surface area contributed by atoms with E-state index in [4.69, 9.17) is 13.6 Å². The maximum absolute atomic E-state index is 12.4. The molecule has 4 rings (SSSR count). The van der Waals surface area contributed by atoms with E-state index in [2.05, 4.69) is 0 Å². The van der Waals surface area contributed by atoms with Crippen molar-refractivity contribution in [1.29, 1.82) is 0 Å². The fourth-order valence-corrected chi connectivity index (χ4v) is 3.81. The Morgan fingerprint density at radius 1 is 1.11 bits per heavy atom. The summed E-state index contributed by atoms with van der Waals surface area (Å²) in [7, 11) is 0. The van der Waals surface area contributed by atoms with Crippen molar-refractivity contribution in [3.8, 4) is 17.3 Å². The van der Waals surface area contributed by atoms with Crippen LogP contribution < -0.4 is 10.4 Å². The molecule has 0 N–H and O–H groups in total. The van der Waals surface area contributed by atoms with Crippen LogP contribution in [0.25, 0.3) is 22.5 Å². The Bertz CT molecular complexity index is 1020. The molecular formula is C22H22O5. The lowest BCUT2D eigenvalue weighted by atomic mass is 10.0. The van der Waals surface area contributed by atoms with E-state index in [0.29, 0.717) is 40.6 Å². The van der Waals surface area contributed by atoms with Crippen molar-refractivity contribution in [1.82, 2.24) is 0 Å². The normalized spacial score (nSPS) is 14.7. The van der Waals surface area contributed by atoms with E-state index in [9.17, 15) is 9.59 Å². The zero-order valence-corrected chi connectivity index (χ0v) is 15.5. The van der Waals surface area contributed by atoms with Crippen molar-refractivity contribution in [2.24, 2.45) is 5.92 Å². The highest BCUT2D eigenvalue weighted by molar-refractivity contribution is 5.83. The molecule has 1 aromatic carbocycles. The van der Waals surface area contributed by atoms with Crippen LogP contribution in [0.4, 0.5) is 0 Å². The first-order valence-corrected chi connectivity index (χ1v) is 9.37. The molecule has 5 nitrogen and oxygen atoms in total. The molecule has 140 valence electrons. The zero-order valence-electron chi connectivity index (χ0n) is 15.5. The van der Waals surface area contributed by atoms with Crippen LogP contribution in [0.3, 0.4) is 0 Å². The van der Waals surface area contributed by atoms with Gasteiger partial charge >= 0.3 is 11.6 Å². The van der Waals surface area contributed by atoms with Crippen LogP contribution in [0, 0.1) is 19.8 Å². The third-order valence-corrected chi connectivity index (χ3v) is 5.32. The van der Waals surface area contributed by atoms with Crippen molar-refractivity contribution in [3.63, 3.8) is 0 Å². The first-order valence-electron chi connectivity index (χ1n) is 9.37. The van der Waals surface area contributed by atoms with Gasteiger partial charge in [-0.15, -0.1) is 0 Å². The van der Waals surface area contributed by atoms with Gasteiger partial charge in [0, 0.05) is 17.4 Å². The van der Waals surface area contributed by atoms with Crippen LogP contribution in [0.2, 0.25) is 0 Å². The zero-order chi connectivity index (χ0) is 19.0. The number of hydrogen-bond donors (Lipinski definition) is 0. The Labute approximate surface area is 156 Å². The Morgan fingerprint density at radius 2 is 1.85 bits per heavy atom. The largest absolute Gasteiger partial charge is 0.453 e. The molecule has 3 aromatic rings. The van der Waals surface area contributed by atoms with E-state index in [0.717, 1.165) is 18.2 Å². The van der Waals surface area contributed by atoms with E-state index in [1.54, 1.807) is 13.8 Å². The summed E-state index contributed by atoms with van der Waals surface area (Å²) in [5.74, 6) is 1.11. The van der Waals surface area contributed by atoms with Crippen LogP contribution in [0.5, 0.6) is 5.75 Å². The summed E-state index contributed by atoms with van der Waals surface area (Å²) in [6.45, 7) is 3.38. The fourth-order valence-electron chi connectivity index (χ4n) is 3.81. The standard InChI is InChI=1S/C22H22O5/c1-13-20(26-19(23)11-15-7-3-4-8-15)14(2)22(24)27-21(13)18-12-16-9-5-6-10-17(16)25-18/h5-6,9-10,12,15H,3-4,7-8,11H2,1-2H3. The van der Waals surface area contributed by atoms with Gasteiger partial charge in [-0.05, 0) is 44.7 Å². The first-order chi connectivity index (χ1) is 13.0. The summed E-state index contributed by atoms with van der Waals surface area (Å²) in [6.07, 6.45) is 4.85. The second kappa shape index (κ2) is 7.06. The van der Waals surface area contributed by atoms with Crippen LogP contribution in [-0.4, -0.2) is 5.97 Å². The topological polar surface area (TPSA) is 69.7 Å². The van der Waals surface area contributed by atoms with Gasteiger partial charge in [-0.1, -0.05) is 31.0 Å². The van der Waals surface area contributed by atoms with Gasteiger partial charge in [-0.25, -0.2) is 4.79 Å². The second-order valence-corrected chi connectivity index (χ2v) is 7.27. The first kappa shape index (κ1) is 17.6. The van der Waals surface area contributed by atoms with E-state index in [-0.39, 0.29) is 11.7 Å². The number of para-hydroxylation sites is 1. The highest BCUT2D eigenvalue weighted by Crippen LogP contribution is 2.35. The van der Waals surface area contributed by atoms with E-state index < -0.39 is 5.63 Å². The molecular weight excluding hydrogens is 344 g/mol. The van der Waals surface area contributed by atoms with Gasteiger partial charge in [0.05, 0.1) is 5.56 Å². The number of carbonyl (C=O) groups excluding carboxylic acids is 1. The summed E-state index contributed by atoms with van der Waals surface area (Å²) in [5.41, 5.74) is 1.06. The quantitative estimate of drug-likeness (QED) is 0.597. The fraction of sp³-hybridized carbons (Fsp3) is 0.364. The molecule has 0 radical (unpaired) electrons. The summed E-state index contributed by atoms with van der Waals surface area (Å²) in [5, 5.41) is 0.912. The van der Waals surface area contributed by atoms with Gasteiger partial charge in [-0.2, -0.15) is 0 Å². The van der Waals surface area contributed by atoms with Crippen molar-refractivity contribution in [2.45, 2.75) is 46.0 Å². The molecule has 0 unspecified atom stereocenters. The SMILES string of the molecule is Cc1c(-c2cc3ccccc3o2)oc(=O)c(C)c1OC(=O)CC1CCCC1. The van der Waals surface area contributed by atoms with Gasteiger partial charge < -0.3 is 13.6 Å².